The summed E-state index contributed by atoms with van der Waals surface area (Å²) in [5, 5.41) is 3.26. The third-order valence-electron chi connectivity index (χ3n) is 1.69. The van der Waals surface area contributed by atoms with Crippen molar-refractivity contribution in [2.45, 2.75) is 40.2 Å². The van der Waals surface area contributed by atoms with Gasteiger partial charge in [-0.2, -0.15) is 0 Å². The van der Waals surface area contributed by atoms with Gasteiger partial charge in [-0.25, -0.2) is 0 Å². The van der Waals surface area contributed by atoms with Gasteiger partial charge in [0.1, 0.15) is 0 Å². The quantitative estimate of drug-likeness (QED) is 0.691. The minimum Gasteiger partial charge on any atom is -0.311 e. The highest BCUT2D eigenvalue weighted by Crippen LogP contribution is 2.47. The zero-order valence-electron chi connectivity index (χ0n) is 10.5. The molecule has 0 saturated heterocycles. The first-order valence-electron chi connectivity index (χ1n) is 5.46. The minimum absolute atomic E-state index is 0.0310. The van der Waals surface area contributed by atoms with E-state index in [1.54, 1.807) is 0 Å². The summed E-state index contributed by atoms with van der Waals surface area (Å²) < 4.78 is 22.4. The molecule has 0 fully saturated rings. The Hall–Kier alpha value is 0.110. The molecule has 1 N–H and O–H groups in total. The van der Waals surface area contributed by atoms with Crippen LogP contribution in [0.2, 0.25) is 0 Å². The van der Waals surface area contributed by atoms with Crippen molar-refractivity contribution < 1.29 is 13.6 Å². The summed E-state index contributed by atoms with van der Waals surface area (Å²) in [6.07, 6.45) is 0.423. The van der Waals surface area contributed by atoms with Crippen molar-refractivity contribution in [1.29, 1.82) is 0 Å². The van der Waals surface area contributed by atoms with Crippen molar-refractivity contribution in [3.05, 3.63) is 0 Å². The van der Waals surface area contributed by atoms with Crippen molar-refractivity contribution in [1.82, 2.24) is 5.32 Å². The molecule has 0 atom stereocenters. The zero-order chi connectivity index (χ0) is 11.9. The molecular weight excluding hydrogens is 213 g/mol. The lowest BCUT2D eigenvalue weighted by Gasteiger charge is -2.23. The van der Waals surface area contributed by atoms with Crippen LogP contribution in [0.4, 0.5) is 0 Å². The Bertz CT molecular complexity index is 203. The summed E-state index contributed by atoms with van der Waals surface area (Å²) in [4.78, 5) is 0. The molecule has 5 heteroatoms. The molecule has 0 bridgehead atoms. The Morgan fingerprint density at radius 1 is 1.13 bits per heavy atom. The van der Waals surface area contributed by atoms with Crippen LogP contribution >= 0.6 is 7.60 Å². The van der Waals surface area contributed by atoms with E-state index in [1.807, 2.05) is 13.8 Å². The highest BCUT2D eigenvalue weighted by atomic mass is 31.2. The topological polar surface area (TPSA) is 47.6 Å². The Morgan fingerprint density at radius 3 is 1.93 bits per heavy atom. The van der Waals surface area contributed by atoms with Gasteiger partial charge in [0.2, 0.25) is 0 Å². The molecule has 0 aliphatic rings. The second-order valence-electron chi connectivity index (χ2n) is 4.35. The van der Waals surface area contributed by atoms with E-state index in [4.69, 9.17) is 9.05 Å². The first-order valence-corrected chi connectivity index (χ1v) is 7.19. The molecule has 4 nitrogen and oxygen atoms in total. The third-order valence-corrected chi connectivity index (χ3v) is 3.77. The van der Waals surface area contributed by atoms with Gasteiger partial charge in [0.05, 0.1) is 19.4 Å². The summed E-state index contributed by atoms with van der Waals surface area (Å²) in [6.45, 7) is 11.3. The molecule has 0 rings (SSSR count). The maximum absolute atomic E-state index is 12.0. The Kier molecular flexibility index (Phi) is 6.69. The lowest BCUT2D eigenvalue weighted by atomic mass is 10.1. The van der Waals surface area contributed by atoms with Gasteiger partial charge < -0.3 is 14.4 Å². The maximum Gasteiger partial charge on any atom is 0.331 e. The molecule has 0 radical (unpaired) electrons. The molecule has 0 aromatic carbocycles. The minimum atomic E-state index is -2.87. The molecule has 0 heterocycles. The fourth-order valence-electron chi connectivity index (χ4n) is 1.13. The Morgan fingerprint density at radius 2 is 1.60 bits per heavy atom. The van der Waals surface area contributed by atoms with Crippen LogP contribution in [-0.4, -0.2) is 31.5 Å². The van der Waals surface area contributed by atoms with Crippen LogP contribution in [-0.2, 0) is 13.6 Å². The fraction of sp³-hybridized carbons (Fsp3) is 1.00. The SMILES string of the molecule is CCOP(=O)(CCNC(C)(C)C)OCC. The predicted octanol–water partition coefficient (Wildman–Crippen LogP) is 2.64. The van der Waals surface area contributed by atoms with Gasteiger partial charge in [0.15, 0.2) is 0 Å². The van der Waals surface area contributed by atoms with E-state index in [0.29, 0.717) is 25.9 Å². The van der Waals surface area contributed by atoms with E-state index in [-0.39, 0.29) is 5.54 Å². The lowest BCUT2D eigenvalue weighted by Crippen LogP contribution is -2.37. The second kappa shape index (κ2) is 6.64. The average Bonchev–Trinajstić information content (AvgIpc) is 2.01. The van der Waals surface area contributed by atoms with Gasteiger partial charge in [-0.15, -0.1) is 0 Å². The fourth-order valence-corrected chi connectivity index (χ4v) is 2.63. The van der Waals surface area contributed by atoms with Crippen LogP contribution in [0.3, 0.4) is 0 Å². The molecule has 0 unspecified atom stereocenters. The van der Waals surface area contributed by atoms with Gasteiger partial charge in [-0.1, -0.05) is 0 Å². The lowest BCUT2D eigenvalue weighted by molar-refractivity contribution is 0.219. The zero-order valence-corrected chi connectivity index (χ0v) is 11.4. The number of rotatable bonds is 7. The van der Waals surface area contributed by atoms with Gasteiger partial charge in [0, 0.05) is 12.1 Å². The Labute approximate surface area is 93.3 Å². The van der Waals surface area contributed by atoms with Crippen molar-refractivity contribution in [2.24, 2.45) is 0 Å². The summed E-state index contributed by atoms with van der Waals surface area (Å²) in [5.74, 6) is 0. The van der Waals surface area contributed by atoms with Crippen LogP contribution in [0, 0.1) is 0 Å². The van der Waals surface area contributed by atoms with Gasteiger partial charge in [-0.3, -0.25) is 4.57 Å². The van der Waals surface area contributed by atoms with Crippen LogP contribution < -0.4 is 5.32 Å². The molecule has 0 amide bonds. The molecule has 0 saturated carbocycles. The molecule has 0 spiro atoms. The monoisotopic (exact) mass is 237 g/mol. The Balaban J connectivity index is 4.02. The van der Waals surface area contributed by atoms with E-state index >= 15 is 0 Å². The predicted molar refractivity (Wildman–Crippen MR) is 63.5 cm³/mol. The molecule has 92 valence electrons. The highest BCUT2D eigenvalue weighted by molar-refractivity contribution is 7.53. The van der Waals surface area contributed by atoms with Crippen molar-refractivity contribution in [3.8, 4) is 0 Å². The van der Waals surface area contributed by atoms with Gasteiger partial charge in [0.25, 0.3) is 0 Å². The molecule has 15 heavy (non-hydrogen) atoms. The smallest absolute Gasteiger partial charge is 0.311 e. The van der Waals surface area contributed by atoms with Crippen LogP contribution in [0.25, 0.3) is 0 Å². The van der Waals surface area contributed by atoms with Gasteiger partial charge in [-0.05, 0) is 34.6 Å². The molecule has 0 aromatic rings. The summed E-state index contributed by atoms with van der Waals surface area (Å²) in [7, 11) is -2.87. The van der Waals surface area contributed by atoms with Crippen LogP contribution in [0.1, 0.15) is 34.6 Å². The van der Waals surface area contributed by atoms with Crippen molar-refractivity contribution in [2.75, 3.05) is 25.9 Å². The standard InChI is InChI=1S/C10H24NO3P/c1-6-13-15(12,14-7-2)9-8-11-10(3,4)5/h11H,6-9H2,1-5H3. The maximum atomic E-state index is 12.0. The van der Waals surface area contributed by atoms with Crippen molar-refractivity contribution in [3.63, 3.8) is 0 Å². The first kappa shape index (κ1) is 15.1. The number of hydrogen-bond acceptors (Lipinski definition) is 4. The second-order valence-corrected chi connectivity index (χ2v) is 6.53. The first-order chi connectivity index (χ1) is 6.83. The summed E-state index contributed by atoms with van der Waals surface area (Å²) in [6, 6.07) is 0. The molecular formula is C10H24NO3P. The summed E-state index contributed by atoms with van der Waals surface area (Å²) in [5.41, 5.74) is 0.0310. The number of nitrogens with one attached hydrogen (secondary N) is 1. The van der Waals surface area contributed by atoms with E-state index in [2.05, 4.69) is 26.1 Å². The number of hydrogen-bond donors (Lipinski definition) is 1. The van der Waals surface area contributed by atoms with E-state index < -0.39 is 7.60 Å². The largest absolute Gasteiger partial charge is 0.331 e. The van der Waals surface area contributed by atoms with Crippen molar-refractivity contribution >= 4 is 7.60 Å². The summed E-state index contributed by atoms with van der Waals surface area (Å²) >= 11 is 0. The third kappa shape index (κ3) is 7.97. The highest BCUT2D eigenvalue weighted by Gasteiger charge is 2.23. The van der Waals surface area contributed by atoms with Crippen LogP contribution in [0.5, 0.6) is 0 Å². The molecule has 0 aliphatic carbocycles. The average molecular weight is 237 g/mol. The molecule has 0 aliphatic heterocycles. The van der Waals surface area contributed by atoms with E-state index in [0.717, 1.165) is 0 Å². The normalized spacial score (nSPS) is 13.1. The van der Waals surface area contributed by atoms with E-state index in [1.165, 1.54) is 0 Å². The van der Waals surface area contributed by atoms with Gasteiger partial charge >= 0.3 is 7.60 Å². The molecule has 0 aromatic heterocycles. The van der Waals surface area contributed by atoms with Crippen LogP contribution in [0.15, 0.2) is 0 Å². The van der Waals surface area contributed by atoms with E-state index in [9.17, 15) is 4.57 Å².